The van der Waals surface area contributed by atoms with Crippen LogP contribution in [0.5, 0.6) is 0 Å². The minimum Gasteiger partial charge on any atom is -0.399 e. The van der Waals surface area contributed by atoms with Crippen LogP contribution in [0.4, 0.5) is 17.5 Å². The molecule has 122 valence electrons. The maximum atomic E-state index is 8.89. The first-order valence-corrected chi connectivity index (χ1v) is 7.49. The van der Waals surface area contributed by atoms with Gasteiger partial charge in [0, 0.05) is 18.1 Å². The van der Waals surface area contributed by atoms with Crippen molar-refractivity contribution in [3.05, 3.63) is 52.4 Å². The Labute approximate surface area is 142 Å². The van der Waals surface area contributed by atoms with Crippen LogP contribution in [0.25, 0.3) is 0 Å². The fraction of sp³-hybridized carbons (Fsp3) is 0.143. The predicted octanol–water partition coefficient (Wildman–Crippen LogP) is 1.03. The molecule has 9 heteroatoms. The van der Waals surface area contributed by atoms with E-state index in [0.29, 0.717) is 28.5 Å². The number of hydrogen-bond donors (Lipinski definition) is 5. The van der Waals surface area contributed by atoms with Gasteiger partial charge in [-0.25, -0.2) is 10.8 Å². The molecule has 1 aromatic carbocycles. The fourth-order valence-electron chi connectivity index (χ4n) is 1.83. The molecule has 0 radical (unpaired) electrons. The highest BCUT2D eigenvalue weighted by atomic mass is 79.9. The first-order valence-electron chi connectivity index (χ1n) is 6.70. The molecule has 0 aliphatic carbocycles. The number of aromatic nitrogens is 2. The summed E-state index contributed by atoms with van der Waals surface area (Å²) >= 11 is 3.25. The third-order valence-corrected chi connectivity index (χ3v) is 3.44. The van der Waals surface area contributed by atoms with Crippen molar-refractivity contribution in [1.29, 1.82) is 0 Å². The lowest BCUT2D eigenvalue weighted by atomic mass is 10.2. The largest absolute Gasteiger partial charge is 0.399 e. The molecule has 23 heavy (non-hydrogen) atoms. The number of aliphatic hydroxyl groups excluding tert-OH is 1. The summed E-state index contributed by atoms with van der Waals surface area (Å²) in [6, 6.07) is 7.59. The summed E-state index contributed by atoms with van der Waals surface area (Å²) < 4.78 is 0.642. The topological polar surface area (TPSA) is 139 Å². The van der Waals surface area contributed by atoms with Crippen molar-refractivity contribution < 1.29 is 5.11 Å². The summed E-state index contributed by atoms with van der Waals surface area (Å²) in [4.78, 5) is 8.27. The van der Waals surface area contributed by atoms with Crippen molar-refractivity contribution >= 4 is 33.4 Å². The number of nitrogens with one attached hydrogen (secondary N) is 1. The van der Waals surface area contributed by atoms with Crippen LogP contribution in [-0.4, -0.2) is 26.7 Å². The molecule has 0 aliphatic rings. The number of nitrogens with two attached hydrogens (primary N) is 3. The smallest absolute Gasteiger partial charge is 0.229 e. The zero-order valence-electron chi connectivity index (χ0n) is 12.3. The van der Waals surface area contributed by atoms with Crippen LogP contribution in [0.2, 0.25) is 0 Å². The van der Waals surface area contributed by atoms with E-state index in [9.17, 15) is 0 Å². The highest BCUT2D eigenvalue weighted by molar-refractivity contribution is 9.10. The van der Waals surface area contributed by atoms with Gasteiger partial charge in [0.1, 0.15) is 5.82 Å². The van der Waals surface area contributed by atoms with E-state index in [1.807, 2.05) is 24.3 Å². The van der Waals surface area contributed by atoms with Gasteiger partial charge in [-0.05, 0) is 33.6 Å². The fourth-order valence-corrected chi connectivity index (χ4v) is 2.02. The van der Waals surface area contributed by atoms with E-state index < -0.39 is 0 Å². The van der Waals surface area contributed by atoms with E-state index in [1.54, 1.807) is 6.20 Å². The van der Waals surface area contributed by atoms with E-state index in [4.69, 9.17) is 22.4 Å². The zero-order chi connectivity index (χ0) is 16.8. The van der Waals surface area contributed by atoms with Crippen molar-refractivity contribution in [2.45, 2.75) is 6.54 Å². The number of nitrogens with zero attached hydrogens (tertiary/aromatic N) is 3. The molecule has 0 aliphatic heterocycles. The molecule has 0 unspecified atom stereocenters. The Kier molecular flexibility index (Phi) is 5.74. The lowest BCUT2D eigenvalue weighted by Gasteiger charge is -2.15. The van der Waals surface area contributed by atoms with Gasteiger partial charge in [0.2, 0.25) is 5.95 Å². The number of hydrogen-bond acceptors (Lipinski definition) is 8. The first kappa shape index (κ1) is 17.0. The van der Waals surface area contributed by atoms with Gasteiger partial charge in [-0.15, -0.1) is 0 Å². The Morgan fingerprint density at radius 3 is 2.91 bits per heavy atom. The molecule has 8 N–H and O–H groups in total. The highest BCUT2D eigenvalue weighted by Gasteiger charge is 2.04. The van der Waals surface area contributed by atoms with Gasteiger partial charge in [0.25, 0.3) is 0 Å². The van der Waals surface area contributed by atoms with Crippen LogP contribution in [0.3, 0.4) is 0 Å². The molecular weight excluding hydrogens is 362 g/mol. The Morgan fingerprint density at radius 1 is 1.43 bits per heavy atom. The van der Waals surface area contributed by atoms with E-state index in [0.717, 1.165) is 11.3 Å². The van der Waals surface area contributed by atoms with Crippen LogP contribution in [0, 0.1) is 0 Å². The molecule has 0 saturated heterocycles. The Hall–Kier alpha value is -2.36. The summed E-state index contributed by atoms with van der Waals surface area (Å²) in [7, 11) is 0. The number of benzene rings is 1. The maximum absolute atomic E-state index is 8.89. The lowest BCUT2D eigenvalue weighted by Crippen LogP contribution is -2.26. The maximum Gasteiger partial charge on any atom is 0.229 e. The van der Waals surface area contributed by atoms with Crippen LogP contribution in [-0.2, 0) is 6.54 Å². The van der Waals surface area contributed by atoms with Gasteiger partial charge in [-0.2, -0.15) is 4.98 Å². The average Bonchev–Trinajstić information content (AvgIpc) is 2.51. The zero-order valence-corrected chi connectivity index (χ0v) is 13.9. The van der Waals surface area contributed by atoms with Gasteiger partial charge in [0.05, 0.1) is 23.3 Å². The minimum atomic E-state index is -0.238. The summed E-state index contributed by atoms with van der Waals surface area (Å²) in [5.41, 5.74) is 13.3. The minimum absolute atomic E-state index is 0.238. The predicted molar refractivity (Wildman–Crippen MR) is 93.0 cm³/mol. The monoisotopic (exact) mass is 379 g/mol. The molecule has 0 atom stereocenters. The van der Waals surface area contributed by atoms with Crippen LogP contribution >= 0.6 is 15.9 Å². The number of aliphatic hydroxyl groups is 1. The van der Waals surface area contributed by atoms with Crippen molar-refractivity contribution in [3.8, 4) is 0 Å². The molecule has 0 spiro atoms. The lowest BCUT2D eigenvalue weighted by molar-refractivity contribution is 0.318. The third kappa shape index (κ3) is 5.09. The molecule has 2 aromatic rings. The SMILES string of the molecule is N/C(=C\N(N)Cc1cccc(Nc2ncc(Br)c(N)n2)c1)CO. The molecule has 2 rings (SSSR count). The second-order valence-corrected chi connectivity index (χ2v) is 5.64. The Morgan fingerprint density at radius 2 is 2.22 bits per heavy atom. The van der Waals surface area contributed by atoms with E-state index in [1.165, 1.54) is 11.2 Å². The Bertz CT molecular complexity index is 707. The van der Waals surface area contributed by atoms with Gasteiger partial charge in [0.15, 0.2) is 0 Å². The molecule has 0 fully saturated rings. The average molecular weight is 380 g/mol. The third-order valence-electron chi connectivity index (χ3n) is 2.83. The van der Waals surface area contributed by atoms with Crippen molar-refractivity contribution in [2.75, 3.05) is 17.7 Å². The van der Waals surface area contributed by atoms with Crippen LogP contribution in [0.15, 0.2) is 46.8 Å². The number of halogens is 1. The van der Waals surface area contributed by atoms with Crippen molar-refractivity contribution in [3.63, 3.8) is 0 Å². The van der Waals surface area contributed by atoms with Crippen LogP contribution < -0.4 is 22.6 Å². The standard InChI is InChI=1S/C14H18BrN7O/c15-12-5-19-14(21-13(12)17)20-11-3-1-2-9(4-11)6-22(18)7-10(16)8-23/h1-5,7,23H,6,8,16,18H2,(H3,17,19,20,21)/b10-7-. The summed E-state index contributed by atoms with van der Waals surface area (Å²) in [5, 5.41) is 13.4. The number of anilines is 3. The molecule has 0 amide bonds. The van der Waals surface area contributed by atoms with E-state index in [2.05, 4.69) is 31.2 Å². The van der Waals surface area contributed by atoms with Crippen LogP contribution in [0.1, 0.15) is 5.56 Å². The van der Waals surface area contributed by atoms with E-state index >= 15 is 0 Å². The van der Waals surface area contributed by atoms with Gasteiger partial charge in [-0.1, -0.05) is 12.1 Å². The molecule has 1 heterocycles. The Balaban J connectivity index is 2.08. The van der Waals surface area contributed by atoms with Gasteiger partial charge in [-0.3, -0.25) is 0 Å². The number of rotatable bonds is 6. The highest BCUT2D eigenvalue weighted by Crippen LogP contribution is 2.20. The van der Waals surface area contributed by atoms with Crippen molar-refractivity contribution in [1.82, 2.24) is 15.0 Å². The summed E-state index contributed by atoms with van der Waals surface area (Å²) in [6.45, 7) is 0.192. The number of nitrogen functional groups attached to an aromatic ring is 1. The number of hydrazine groups is 1. The van der Waals surface area contributed by atoms with Gasteiger partial charge < -0.3 is 26.9 Å². The summed E-state index contributed by atoms with van der Waals surface area (Å²) in [5.74, 6) is 6.58. The second-order valence-electron chi connectivity index (χ2n) is 4.79. The van der Waals surface area contributed by atoms with Gasteiger partial charge >= 0.3 is 0 Å². The molecular formula is C14H18BrN7O. The van der Waals surface area contributed by atoms with Crippen molar-refractivity contribution in [2.24, 2.45) is 11.6 Å². The molecule has 0 bridgehead atoms. The molecule has 1 aromatic heterocycles. The second kappa shape index (κ2) is 7.77. The summed E-state index contributed by atoms with van der Waals surface area (Å²) in [6.07, 6.45) is 3.07. The normalized spacial score (nSPS) is 11.3. The molecule has 0 saturated carbocycles. The first-order chi connectivity index (χ1) is 11.0. The molecule has 8 nitrogen and oxygen atoms in total. The van der Waals surface area contributed by atoms with E-state index in [-0.39, 0.29) is 6.61 Å². The quantitative estimate of drug-likeness (QED) is 0.370.